The third-order valence-electron chi connectivity index (χ3n) is 2.90. The van der Waals surface area contributed by atoms with Crippen molar-refractivity contribution in [3.05, 3.63) is 53.3 Å². The van der Waals surface area contributed by atoms with E-state index in [1.807, 2.05) is 25.1 Å². The Balaban J connectivity index is 2.45. The highest BCUT2D eigenvalue weighted by Gasteiger charge is 2.13. The number of ether oxygens (including phenoxy) is 1. The maximum Gasteiger partial charge on any atom is 0.150 e. The summed E-state index contributed by atoms with van der Waals surface area (Å²) in [5.41, 5.74) is 6.93. The Morgan fingerprint density at radius 2 is 1.95 bits per heavy atom. The van der Waals surface area contributed by atoms with Gasteiger partial charge in [-0.05, 0) is 32.3 Å². The largest absolute Gasteiger partial charge is 0.455 e. The molecule has 0 bridgehead atoms. The van der Waals surface area contributed by atoms with Crippen molar-refractivity contribution in [2.45, 2.75) is 6.54 Å². The van der Waals surface area contributed by atoms with Crippen LogP contribution < -0.4 is 10.5 Å². The van der Waals surface area contributed by atoms with Crippen LogP contribution in [0.4, 0.5) is 10.1 Å². The quantitative estimate of drug-likeness (QED) is 0.876. The molecule has 0 fully saturated rings. The minimum Gasteiger partial charge on any atom is -0.455 e. The van der Waals surface area contributed by atoms with Crippen molar-refractivity contribution in [3.63, 3.8) is 0 Å². The molecule has 2 aromatic carbocycles. The zero-order chi connectivity index (χ0) is 15.4. The molecule has 0 aliphatic carbocycles. The third kappa shape index (κ3) is 3.50. The van der Waals surface area contributed by atoms with Gasteiger partial charge in [0.1, 0.15) is 23.4 Å². The van der Waals surface area contributed by atoms with Gasteiger partial charge in [0.25, 0.3) is 0 Å². The van der Waals surface area contributed by atoms with Gasteiger partial charge in [-0.25, -0.2) is 4.39 Å². The average Bonchev–Trinajstić information content (AvgIpc) is 2.43. The number of nitrogens with zero attached hydrogens (tertiary/aromatic N) is 2. The number of nitrogen functional groups attached to an aromatic ring is 1. The van der Waals surface area contributed by atoms with Gasteiger partial charge in [-0.1, -0.05) is 12.1 Å². The first-order chi connectivity index (χ1) is 10.0. The van der Waals surface area contributed by atoms with Crippen LogP contribution in [0.3, 0.4) is 0 Å². The molecule has 0 saturated carbocycles. The van der Waals surface area contributed by atoms with Crippen LogP contribution in [0.25, 0.3) is 0 Å². The lowest BCUT2D eigenvalue weighted by Crippen LogP contribution is -2.12. The molecule has 0 radical (unpaired) electrons. The van der Waals surface area contributed by atoms with E-state index in [1.165, 1.54) is 12.1 Å². The highest BCUT2D eigenvalue weighted by molar-refractivity contribution is 5.55. The molecule has 2 N–H and O–H groups in total. The van der Waals surface area contributed by atoms with Crippen molar-refractivity contribution < 1.29 is 9.13 Å². The molecule has 0 aromatic heterocycles. The standard InChI is InChI=1S/C16H16FN3O/c1-20(2)10-12-7-13(17)11(9-18)8-16(12)21-15-6-4-3-5-14(15)19/h3-8H,10,19H2,1-2H3/i17-1. The molecular formula is C16H16FN3O. The molecule has 4 nitrogen and oxygen atoms in total. The molecule has 108 valence electrons. The number of nitrogens with two attached hydrogens (primary N) is 1. The van der Waals surface area contributed by atoms with Crippen molar-refractivity contribution in [1.29, 1.82) is 5.26 Å². The Bertz CT molecular complexity index is 692. The molecule has 2 aromatic rings. The Kier molecular flexibility index (Phi) is 4.41. The van der Waals surface area contributed by atoms with Crippen molar-refractivity contribution in [2.75, 3.05) is 19.8 Å². The molecule has 2 rings (SSSR count). The molecule has 0 unspecified atom stereocenters. The van der Waals surface area contributed by atoms with Gasteiger partial charge < -0.3 is 15.4 Å². The van der Waals surface area contributed by atoms with E-state index in [2.05, 4.69) is 0 Å². The van der Waals surface area contributed by atoms with Gasteiger partial charge in [0.15, 0.2) is 0 Å². The average molecular weight is 284 g/mol. The Hall–Kier alpha value is -2.58. The maximum absolute atomic E-state index is 13.8. The third-order valence-corrected chi connectivity index (χ3v) is 2.90. The van der Waals surface area contributed by atoms with Gasteiger partial charge >= 0.3 is 0 Å². The lowest BCUT2D eigenvalue weighted by molar-refractivity contribution is 0.387. The van der Waals surface area contributed by atoms with Gasteiger partial charge in [0, 0.05) is 18.2 Å². The van der Waals surface area contributed by atoms with Crippen LogP contribution in [0.15, 0.2) is 36.4 Å². The molecule has 21 heavy (non-hydrogen) atoms. The number of halogens is 1. The summed E-state index contributed by atoms with van der Waals surface area (Å²) in [6.07, 6.45) is 0. The maximum atomic E-state index is 13.8. The van der Waals surface area contributed by atoms with Crippen LogP contribution in [0.2, 0.25) is 0 Å². The second-order valence-electron chi connectivity index (χ2n) is 4.93. The van der Waals surface area contributed by atoms with Crippen LogP contribution >= 0.6 is 0 Å². The number of hydrogen-bond acceptors (Lipinski definition) is 4. The topological polar surface area (TPSA) is 62.3 Å². The van der Waals surface area contributed by atoms with E-state index < -0.39 is 5.82 Å². The summed E-state index contributed by atoms with van der Waals surface area (Å²) in [4.78, 5) is 1.89. The molecule has 0 atom stereocenters. The molecule has 0 heterocycles. The summed E-state index contributed by atoms with van der Waals surface area (Å²) >= 11 is 0. The molecular weight excluding hydrogens is 268 g/mol. The lowest BCUT2D eigenvalue weighted by atomic mass is 10.1. The van der Waals surface area contributed by atoms with E-state index in [1.54, 1.807) is 24.3 Å². The second kappa shape index (κ2) is 6.25. The van der Waals surface area contributed by atoms with Gasteiger partial charge in [-0.3, -0.25) is 0 Å². The van der Waals surface area contributed by atoms with E-state index in [4.69, 9.17) is 15.7 Å². The molecule has 0 aliphatic rings. The van der Waals surface area contributed by atoms with E-state index in [0.717, 1.165) is 0 Å². The zero-order valence-corrected chi connectivity index (χ0v) is 11.9. The molecule has 5 heteroatoms. The Morgan fingerprint density at radius 3 is 2.57 bits per heavy atom. The minimum atomic E-state index is -0.553. The van der Waals surface area contributed by atoms with E-state index in [-0.39, 0.29) is 5.56 Å². The van der Waals surface area contributed by atoms with E-state index in [9.17, 15) is 4.39 Å². The molecule has 0 spiro atoms. The number of anilines is 1. The fraction of sp³-hybridized carbons (Fsp3) is 0.188. The predicted molar refractivity (Wildman–Crippen MR) is 79.4 cm³/mol. The summed E-state index contributed by atoms with van der Waals surface area (Å²) in [5, 5.41) is 8.96. The van der Waals surface area contributed by atoms with Gasteiger partial charge in [0.2, 0.25) is 0 Å². The van der Waals surface area contributed by atoms with Crippen molar-refractivity contribution in [3.8, 4) is 17.6 Å². The SMILES string of the molecule is CN(C)Cc1cc([18F])c(C#N)cc1Oc1ccccc1N. The summed E-state index contributed by atoms with van der Waals surface area (Å²) < 4.78 is 19.5. The Morgan fingerprint density at radius 1 is 1.24 bits per heavy atom. The van der Waals surface area contributed by atoms with E-state index >= 15 is 0 Å². The van der Waals surface area contributed by atoms with Crippen LogP contribution in [-0.2, 0) is 6.54 Å². The molecule has 0 saturated heterocycles. The molecule has 0 amide bonds. The van der Waals surface area contributed by atoms with E-state index in [0.29, 0.717) is 29.3 Å². The first kappa shape index (κ1) is 14.8. The van der Waals surface area contributed by atoms with Gasteiger partial charge in [-0.15, -0.1) is 0 Å². The second-order valence-corrected chi connectivity index (χ2v) is 4.93. The summed E-state index contributed by atoms with van der Waals surface area (Å²) in [7, 11) is 3.74. The summed E-state index contributed by atoms with van der Waals surface area (Å²) in [6.45, 7) is 0.491. The van der Waals surface area contributed by atoms with Crippen molar-refractivity contribution in [2.24, 2.45) is 0 Å². The number of rotatable bonds is 4. The number of hydrogen-bond donors (Lipinski definition) is 1. The lowest BCUT2D eigenvalue weighted by Gasteiger charge is -2.16. The number of para-hydroxylation sites is 2. The monoisotopic (exact) mass is 284 g/mol. The normalized spacial score (nSPS) is 10.4. The zero-order valence-electron chi connectivity index (χ0n) is 11.9. The van der Waals surface area contributed by atoms with Crippen molar-refractivity contribution >= 4 is 5.69 Å². The van der Waals surface area contributed by atoms with Crippen molar-refractivity contribution in [1.82, 2.24) is 4.90 Å². The highest BCUT2D eigenvalue weighted by atomic mass is 18.2. The minimum absolute atomic E-state index is 0.0537. The first-order valence-corrected chi connectivity index (χ1v) is 6.41. The van der Waals surface area contributed by atoms with Gasteiger partial charge in [0.05, 0.1) is 11.3 Å². The first-order valence-electron chi connectivity index (χ1n) is 6.41. The summed E-state index contributed by atoms with van der Waals surface area (Å²) in [5.74, 6) is 0.357. The fourth-order valence-electron chi connectivity index (χ4n) is 1.93. The van der Waals surface area contributed by atoms with Gasteiger partial charge in [-0.2, -0.15) is 5.26 Å². The molecule has 0 aliphatic heterocycles. The van der Waals surface area contributed by atoms with Crippen LogP contribution in [-0.4, -0.2) is 19.0 Å². The highest BCUT2D eigenvalue weighted by Crippen LogP contribution is 2.31. The number of nitriles is 1. The smallest absolute Gasteiger partial charge is 0.150 e. The fourth-order valence-corrected chi connectivity index (χ4v) is 1.93. The predicted octanol–water partition coefficient (Wildman–Crippen LogP) is 3.13. The Labute approximate surface area is 123 Å². The number of benzene rings is 2. The van der Waals surface area contributed by atoms with Crippen LogP contribution in [0.1, 0.15) is 11.1 Å². The summed E-state index contributed by atoms with van der Waals surface area (Å²) in [6, 6.07) is 11.6. The van der Waals surface area contributed by atoms with Crippen LogP contribution in [0, 0.1) is 17.1 Å². The van der Waals surface area contributed by atoms with Crippen LogP contribution in [0.5, 0.6) is 11.5 Å².